The van der Waals surface area contributed by atoms with E-state index in [0.717, 1.165) is 66.7 Å². The summed E-state index contributed by atoms with van der Waals surface area (Å²) in [7, 11) is 0. The van der Waals surface area contributed by atoms with E-state index in [0.29, 0.717) is 18.4 Å². The number of carboxylic acids is 1. The molecule has 0 spiro atoms. The Morgan fingerprint density at radius 3 is 2.45 bits per heavy atom. The predicted octanol–water partition coefficient (Wildman–Crippen LogP) is 5.96. The third-order valence-electron chi connectivity index (χ3n) is 6.58. The van der Waals surface area contributed by atoms with Gasteiger partial charge in [-0.25, -0.2) is 9.18 Å². The van der Waals surface area contributed by atoms with Gasteiger partial charge >= 0.3 is 5.97 Å². The number of rotatable bonds is 9. The van der Waals surface area contributed by atoms with Crippen LogP contribution in [-0.4, -0.2) is 34.1 Å². The average Bonchev–Trinajstić information content (AvgIpc) is 3.15. The molecule has 0 atom stereocenters. The summed E-state index contributed by atoms with van der Waals surface area (Å²) in [6.45, 7) is 3.12. The van der Waals surface area contributed by atoms with Crippen molar-refractivity contribution in [2.24, 2.45) is 11.8 Å². The van der Waals surface area contributed by atoms with Crippen LogP contribution in [0.4, 0.5) is 4.39 Å². The fraction of sp³-hybridized carbons (Fsp3) is 0.407. The van der Waals surface area contributed by atoms with Gasteiger partial charge in [-0.15, -0.1) is 0 Å². The molecule has 2 aromatic carbocycles. The van der Waals surface area contributed by atoms with E-state index in [4.69, 9.17) is 14.9 Å². The van der Waals surface area contributed by atoms with Gasteiger partial charge in [0.15, 0.2) is 0 Å². The van der Waals surface area contributed by atoms with Crippen molar-refractivity contribution in [2.45, 2.75) is 45.6 Å². The van der Waals surface area contributed by atoms with E-state index < -0.39 is 5.97 Å². The van der Waals surface area contributed by atoms with Gasteiger partial charge in [0.05, 0.1) is 18.0 Å². The van der Waals surface area contributed by atoms with Crippen molar-refractivity contribution in [1.29, 1.82) is 0 Å². The topological polar surface area (TPSA) is 64.4 Å². The second-order valence-corrected chi connectivity index (χ2v) is 8.99. The highest BCUT2D eigenvalue weighted by Gasteiger charge is 2.23. The van der Waals surface area contributed by atoms with Crippen molar-refractivity contribution in [3.05, 3.63) is 66.1 Å². The van der Waals surface area contributed by atoms with Gasteiger partial charge in [-0.05, 0) is 55.7 Å². The minimum absolute atomic E-state index is 0.214. The number of aliphatic carboxylic acids is 1. The van der Waals surface area contributed by atoms with Crippen molar-refractivity contribution in [2.75, 3.05) is 13.2 Å². The molecule has 1 fully saturated rings. The smallest absolute Gasteiger partial charge is 0.329 e. The van der Waals surface area contributed by atoms with E-state index in [1.807, 2.05) is 31.2 Å². The van der Waals surface area contributed by atoms with Gasteiger partial charge in [0, 0.05) is 17.7 Å². The Hall–Kier alpha value is -2.99. The summed E-state index contributed by atoms with van der Waals surface area (Å²) >= 11 is 0. The Balaban J connectivity index is 1.47. The first-order chi connectivity index (χ1) is 16.0. The lowest BCUT2D eigenvalue weighted by Crippen LogP contribution is -2.21. The summed E-state index contributed by atoms with van der Waals surface area (Å²) in [5.74, 6) is -0.0914. The molecule has 0 amide bonds. The lowest BCUT2D eigenvalue weighted by molar-refractivity contribution is -0.142. The van der Waals surface area contributed by atoms with Crippen LogP contribution in [0.25, 0.3) is 22.4 Å². The van der Waals surface area contributed by atoms with Crippen LogP contribution >= 0.6 is 0 Å². The molecule has 0 saturated heterocycles. The van der Waals surface area contributed by atoms with E-state index >= 15 is 0 Å². The Bertz CT molecular complexity index is 1070. The van der Waals surface area contributed by atoms with Crippen molar-refractivity contribution < 1.29 is 19.0 Å². The molecule has 1 saturated carbocycles. The Morgan fingerprint density at radius 1 is 1.06 bits per heavy atom. The Kier molecular flexibility index (Phi) is 7.55. The number of carbonyl (C=O) groups is 1. The minimum Gasteiger partial charge on any atom is -0.480 e. The average molecular weight is 451 g/mol. The van der Waals surface area contributed by atoms with E-state index in [2.05, 4.69) is 16.8 Å². The number of benzene rings is 2. The second-order valence-electron chi connectivity index (χ2n) is 8.99. The second kappa shape index (κ2) is 10.8. The van der Waals surface area contributed by atoms with Crippen LogP contribution in [0.3, 0.4) is 0 Å². The zero-order valence-corrected chi connectivity index (χ0v) is 19.0. The highest BCUT2D eigenvalue weighted by atomic mass is 19.1. The van der Waals surface area contributed by atoms with E-state index in [1.54, 1.807) is 12.1 Å². The molecule has 0 unspecified atom stereocenters. The van der Waals surface area contributed by atoms with Gasteiger partial charge in [0.25, 0.3) is 0 Å². The summed E-state index contributed by atoms with van der Waals surface area (Å²) in [5, 5.41) is 13.6. The zero-order chi connectivity index (χ0) is 23.2. The molecule has 5 nitrogen and oxygen atoms in total. The molecule has 1 aliphatic rings. The van der Waals surface area contributed by atoms with Crippen LogP contribution in [-0.2, 0) is 16.1 Å². The standard InChI is InChI=1S/C27H31FN2O3/c1-19-26(23-8-5-9-24(28)16-23)27(22-6-3-2-4-7-22)30(29-19)15-14-20-10-12-21(13-11-20)17-33-18-25(31)32/h2-9,16,20-21H,10-15,17-18H2,1H3,(H,31,32)/t20-,21-. The molecule has 1 N–H and O–H groups in total. The van der Waals surface area contributed by atoms with Crippen LogP contribution in [0.2, 0.25) is 0 Å². The number of nitrogens with zero attached hydrogens (tertiary/aromatic N) is 2. The molecule has 1 heterocycles. The number of hydrogen-bond acceptors (Lipinski definition) is 3. The first-order valence-electron chi connectivity index (χ1n) is 11.7. The van der Waals surface area contributed by atoms with Gasteiger partial charge < -0.3 is 9.84 Å². The van der Waals surface area contributed by atoms with Crippen molar-refractivity contribution in [3.63, 3.8) is 0 Å². The summed E-state index contributed by atoms with van der Waals surface area (Å²) < 4.78 is 21.4. The van der Waals surface area contributed by atoms with Gasteiger partial charge in [-0.1, -0.05) is 55.3 Å². The quantitative estimate of drug-likeness (QED) is 0.437. The van der Waals surface area contributed by atoms with Crippen LogP contribution < -0.4 is 0 Å². The fourth-order valence-corrected chi connectivity index (χ4v) is 4.93. The molecule has 3 aromatic rings. The van der Waals surface area contributed by atoms with Crippen LogP contribution in [0.15, 0.2) is 54.6 Å². The molecule has 0 radical (unpaired) electrons. The fourth-order valence-electron chi connectivity index (χ4n) is 4.93. The number of halogens is 1. The first kappa shape index (κ1) is 23.2. The van der Waals surface area contributed by atoms with Gasteiger partial charge in [0.1, 0.15) is 12.4 Å². The van der Waals surface area contributed by atoms with Crippen molar-refractivity contribution in [1.82, 2.24) is 9.78 Å². The first-order valence-corrected chi connectivity index (χ1v) is 11.7. The maximum Gasteiger partial charge on any atom is 0.329 e. The molecular formula is C27H31FN2O3. The monoisotopic (exact) mass is 450 g/mol. The van der Waals surface area contributed by atoms with E-state index in [1.165, 1.54) is 6.07 Å². The molecular weight excluding hydrogens is 419 g/mol. The van der Waals surface area contributed by atoms with Crippen molar-refractivity contribution in [3.8, 4) is 22.4 Å². The molecule has 0 bridgehead atoms. The third kappa shape index (κ3) is 5.88. The predicted molar refractivity (Wildman–Crippen MR) is 126 cm³/mol. The largest absolute Gasteiger partial charge is 0.480 e. The summed E-state index contributed by atoms with van der Waals surface area (Å²) in [6.07, 6.45) is 5.43. The SMILES string of the molecule is Cc1nn(CC[C@H]2CC[C@H](COCC(=O)O)CC2)c(-c2ccccc2)c1-c1cccc(F)c1. The number of hydrogen-bond donors (Lipinski definition) is 1. The normalized spacial score (nSPS) is 18.4. The molecule has 0 aliphatic heterocycles. The molecule has 1 aliphatic carbocycles. The maximum absolute atomic E-state index is 14.0. The van der Waals surface area contributed by atoms with E-state index in [-0.39, 0.29) is 12.4 Å². The summed E-state index contributed by atoms with van der Waals surface area (Å²) in [5.41, 5.74) is 4.85. The lowest BCUT2D eigenvalue weighted by Gasteiger charge is -2.28. The van der Waals surface area contributed by atoms with Gasteiger partial charge in [-0.3, -0.25) is 4.68 Å². The van der Waals surface area contributed by atoms with Crippen LogP contribution in [0.1, 0.15) is 37.8 Å². The lowest BCUT2D eigenvalue weighted by atomic mass is 9.81. The van der Waals surface area contributed by atoms with Crippen LogP contribution in [0.5, 0.6) is 0 Å². The molecule has 174 valence electrons. The molecule has 4 rings (SSSR count). The highest BCUT2D eigenvalue weighted by Crippen LogP contribution is 2.37. The summed E-state index contributed by atoms with van der Waals surface area (Å²) in [4.78, 5) is 10.6. The molecule has 6 heteroatoms. The Labute approximate surface area is 194 Å². The maximum atomic E-state index is 14.0. The summed E-state index contributed by atoms with van der Waals surface area (Å²) in [6, 6.07) is 16.9. The number of carboxylic acid groups (broad SMARTS) is 1. The molecule has 33 heavy (non-hydrogen) atoms. The van der Waals surface area contributed by atoms with Gasteiger partial charge in [0.2, 0.25) is 0 Å². The van der Waals surface area contributed by atoms with Gasteiger partial charge in [-0.2, -0.15) is 5.10 Å². The van der Waals surface area contributed by atoms with E-state index in [9.17, 15) is 9.18 Å². The number of aryl methyl sites for hydroxylation is 2. The minimum atomic E-state index is -0.912. The third-order valence-corrected chi connectivity index (χ3v) is 6.58. The molecule has 1 aromatic heterocycles. The number of aromatic nitrogens is 2. The number of ether oxygens (including phenoxy) is 1. The highest BCUT2D eigenvalue weighted by molar-refractivity contribution is 5.83. The van der Waals surface area contributed by atoms with Crippen molar-refractivity contribution >= 4 is 5.97 Å². The van der Waals surface area contributed by atoms with Crippen LogP contribution in [0, 0.1) is 24.6 Å². The zero-order valence-electron chi connectivity index (χ0n) is 19.0. The Morgan fingerprint density at radius 2 is 1.76 bits per heavy atom.